The molecule has 0 radical (unpaired) electrons. The predicted molar refractivity (Wildman–Crippen MR) is 92.4 cm³/mol. The Morgan fingerprint density at radius 1 is 1.26 bits per heavy atom. The molecule has 1 atom stereocenters. The molecule has 4 nitrogen and oxygen atoms in total. The van der Waals surface area contributed by atoms with E-state index >= 15 is 0 Å². The number of nitrogens with one attached hydrogen (secondary N) is 1. The number of rotatable bonds is 4. The van der Waals surface area contributed by atoms with E-state index in [2.05, 4.69) is 26.1 Å². The first kappa shape index (κ1) is 17.5. The van der Waals surface area contributed by atoms with E-state index in [4.69, 9.17) is 0 Å². The molecule has 0 aromatic heterocycles. The van der Waals surface area contributed by atoms with Crippen molar-refractivity contribution < 1.29 is 9.59 Å². The minimum Gasteiger partial charge on any atom is -0.352 e. The lowest BCUT2D eigenvalue weighted by atomic mass is 9.87. The summed E-state index contributed by atoms with van der Waals surface area (Å²) in [6.45, 7) is 11.8. The molecule has 1 N–H and O–H groups in total. The Hall–Kier alpha value is -1.84. The molecular weight excluding hydrogens is 288 g/mol. The Kier molecular flexibility index (Phi) is 5.12. The maximum atomic E-state index is 12.2. The SMILES string of the molecule is CC(C)N1CC(CNC(=O)c2ccc(C(C)(C)C)cc2)CC1=O. The smallest absolute Gasteiger partial charge is 0.251 e. The van der Waals surface area contributed by atoms with E-state index in [-0.39, 0.29) is 29.2 Å². The average Bonchev–Trinajstić information content (AvgIpc) is 2.85. The lowest BCUT2D eigenvalue weighted by Crippen LogP contribution is -2.34. The molecule has 23 heavy (non-hydrogen) atoms. The number of carbonyl (C=O) groups is 2. The van der Waals surface area contributed by atoms with E-state index in [0.717, 1.165) is 6.54 Å². The van der Waals surface area contributed by atoms with Crippen LogP contribution >= 0.6 is 0 Å². The van der Waals surface area contributed by atoms with Gasteiger partial charge >= 0.3 is 0 Å². The number of benzene rings is 1. The first-order chi connectivity index (χ1) is 10.7. The van der Waals surface area contributed by atoms with E-state index in [1.165, 1.54) is 5.56 Å². The zero-order chi connectivity index (χ0) is 17.2. The molecular formula is C19H28N2O2. The second kappa shape index (κ2) is 6.73. The van der Waals surface area contributed by atoms with Gasteiger partial charge in [0, 0.05) is 37.0 Å². The van der Waals surface area contributed by atoms with Crippen molar-refractivity contribution in [3.8, 4) is 0 Å². The van der Waals surface area contributed by atoms with Gasteiger partial charge in [0.1, 0.15) is 0 Å². The van der Waals surface area contributed by atoms with E-state index in [1.54, 1.807) is 0 Å². The van der Waals surface area contributed by atoms with Crippen molar-refractivity contribution in [3.05, 3.63) is 35.4 Å². The molecule has 1 saturated heterocycles. The molecule has 0 bridgehead atoms. The maximum absolute atomic E-state index is 12.2. The third-order valence-electron chi connectivity index (χ3n) is 4.43. The van der Waals surface area contributed by atoms with Gasteiger partial charge in [-0.2, -0.15) is 0 Å². The largest absolute Gasteiger partial charge is 0.352 e. The van der Waals surface area contributed by atoms with Crippen molar-refractivity contribution in [2.75, 3.05) is 13.1 Å². The molecule has 2 rings (SSSR count). The van der Waals surface area contributed by atoms with Gasteiger partial charge in [-0.15, -0.1) is 0 Å². The third kappa shape index (κ3) is 4.34. The summed E-state index contributed by atoms with van der Waals surface area (Å²) in [6.07, 6.45) is 0.529. The van der Waals surface area contributed by atoms with Gasteiger partial charge in [-0.1, -0.05) is 32.9 Å². The minimum absolute atomic E-state index is 0.0686. The van der Waals surface area contributed by atoms with Crippen LogP contribution in [0.1, 0.15) is 57.0 Å². The second-order valence-electron chi connectivity index (χ2n) is 7.75. The summed E-state index contributed by atoms with van der Waals surface area (Å²) in [7, 11) is 0. The summed E-state index contributed by atoms with van der Waals surface area (Å²) in [5, 5.41) is 2.96. The van der Waals surface area contributed by atoms with E-state index < -0.39 is 0 Å². The summed E-state index contributed by atoms with van der Waals surface area (Å²) in [6, 6.07) is 7.99. The molecule has 0 spiro atoms. The molecule has 0 saturated carbocycles. The van der Waals surface area contributed by atoms with Crippen LogP contribution in [0.3, 0.4) is 0 Å². The Morgan fingerprint density at radius 3 is 2.35 bits per heavy atom. The van der Waals surface area contributed by atoms with Gasteiger partial charge in [-0.05, 0) is 37.0 Å². The lowest BCUT2D eigenvalue weighted by molar-refractivity contribution is -0.129. The standard InChI is InChI=1S/C19H28N2O2/c1-13(2)21-12-14(10-17(21)22)11-20-18(23)15-6-8-16(9-7-15)19(3,4)5/h6-9,13-14H,10-12H2,1-5H3,(H,20,23). The molecule has 1 aromatic carbocycles. The lowest BCUT2D eigenvalue weighted by Gasteiger charge is -2.21. The van der Waals surface area contributed by atoms with Crippen molar-refractivity contribution in [3.63, 3.8) is 0 Å². The van der Waals surface area contributed by atoms with Crippen molar-refractivity contribution >= 4 is 11.8 Å². The molecule has 126 valence electrons. The summed E-state index contributed by atoms with van der Waals surface area (Å²) < 4.78 is 0. The van der Waals surface area contributed by atoms with E-state index in [9.17, 15) is 9.59 Å². The van der Waals surface area contributed by atoms with Gasteiger partial charge in [0.05, 0.1) is 0 Å². The Bertz CT molecular complexity index is 570. The molecule has 1 heterocycles. The molecule has 2 amide bonds. The number of hydrogen-bond donors (Lipinski definition) is 1. The zero-order valence-electron chi connectivity index (χ0n) is 14.8. The van der Waals surface area contributed by atoms with E-state index in [0.29, 0.717) is 18.5 Å². The van der Waals surface area contributed by atoms with Crippen LogP contribution in [0.25, 0.3) is 0 Å². The fourth-order valence-electron chi connectivity index (χ4n) is 2.90. The number of nitrogens with zero attached hydrogens (tertiary/aromatic N) is 1. The molecule has 0 aliphatic carbocycles. The van der Waals surface area contributed by atoms with Crippen molar-refractivity contribution in [1.82, 2.24) is 10.2 Å². The van der Waals surface area contributed by atoms with Crippen LogP contribution in [0.4, 0.5) is 0 Å². The molecule has 1 aliphatic heterocycles. The summed E-state index contributed by atoms with van der Waals surface area (Å²) in [5.74, 6) is 0.331. The van der Waals surface area contributed by atoms with Crippen LogP contribution in [0.15, 0.2) is 24.3 Å². The van der Waals surface area contributed by atoms with Gasteiger partial charge in [-0.3, -0.25) is 9.59 Å². The fourth-order valence-corrected chi connectivity index (χ4v) is 2.90. The van der Waals surface area contributed by atoms with Crippen molar-refractivity contribution in [2.24, 2.45) is 5.92 Å². The molecule has 1 fully saturated rings. The first-order valence-electron chi connectivity index (χ1n) is 8.36. The molecule has 1 unspecified atom stereocenters. The third-order valence-corrected chi connectivity index (χ3v) is 4.43. The van der Waals surface area contributed by atoms with Crippen LogP contribution in [-0.4, -0.2) is 35.8 Å². The average molecular weight is 316 g/mol. The number of likely N-dealkylation sites (tertiary alicyclic amines) is 1. The van der Waals surface area contributed by atoms with Crippen LogP contribution < -0.4 is 5.32 Å². The maximum Gasteiger partial charge on any atom is 0.251 e. The Balaban J connectivity index is 1.89. The Labute approximate surface area is 139 Å². The van der Waals surface area contributed by atoms with Gasteiger partial charge in [0.15, 0.2) is 0 Å². The van der Waals surface area contributed by atoms with Crippen LogP contribution in [0.2, 0.25) is 0 Å². The highest BCUT2D eigenvalue weighted by Crippen LogP contribution is 2.22. The van der Waals surface area contributed by atoms with E-state index in [1.807, 2.05) is 43.0 Å². The number of hydrogen-bond acceptors (Lipinski definition) is 2. The fraction of sp³-hybridized carbons (Fsp3) is 0.579. The topological polar surface area (TPSA) is 49.4 Å². The number of carbonyl (C=O) groups excluding carboxylic acids is 2. The van der Waals surface area contributed by atoms with Crippen molar-refractivity contribution in [2.45, 2.75) is 52.5 Å². The zero-order valence-corrected chi connectivity index (χ0v) is 14.8. The minimum atomic E-state index is -0.0686. The molecule has 1 aliphatic rings. The molecule has 1 aromatic rings. The van der Waals surface area contributed by atoms with Crippen molar-refractivity contribution in [1.29, 1.82) is 0 Å². The van der Waals surface area contributed by atoms with Crippen LogP contribution in [-0.2, 0) is 10.2 Å². The highest BCUT2D eigenvalue weighted by Gasteiger charge is 2.31. The summed E-state index contributed by atoms with van der Waals surface area (Å²) >= 11 is 0. The van der Waals surface area contributed by atoms with Gasteiger partial charge in [-0.25, -0.2) is 0 Å². The summed E-state index contributed by atoms with van der Waals surface area (Å²) in [4.78, 5) is 26.0. The van der Waals surface area contributed by atoms with Gasteiger partial charge in [0.25, 0.3) is 5.91 Å². The molecule has 4 heteroatoms. The highest BCUT2D eigenvalue weighted by atomic mass is 16.2. The van der Waals surface area contributed by atoms with Gasteiger partial charge in [0.2, 0.25) is 5.91 Å². The van der Waals surface area contributed by atoms with Gasteiger partial charge < -0.3 is 10.2 Å². The first-order valence-corrected chi connectivity index (χ1v) is 8.36. The summed E-state index contributed by atoms with van der Waals surface area (Å²) in [5.41, 5.74) is 1.96. The van der Waals surface area contributed by atoms with Crippen LogP contribution in [0.5, 0.6) is 0 Å². The second-order valence-corrected chi connectivity index (χ2v) is 7.75. The van der Waals surface area contributed by atoms with Crippen LogP contribution in [0, 0.1) is 5.92 Å². The number of amides is 2. The monoisotopic (exact) mass is 316 g/mol. The predicted octanol–water partition coefficient (Wildman–Crippen LogP) is 2.97. The quantitative estimate of drug-likeness (QED) is 0.928. The highest BCUT2D eigenvalue weighted by molar-refractivity contribution is 5.94. The normalized spacial score (nSPS) is 18.6. The Morgan fingerprint density at radius 2 is 1.87 bits per heavy atom.